The molecule has 2 nitrogen and oxygen atoms in total. The molecule has 0 bridgehead atoms. The van der Waals surface area contributed by atoms with Crippen molar-refractivity contribution in [3.05, 3.63) is 59.8 Å². The molecule has 1 fully saturated rings. The second kappa shape index (κ2) is 4.81. The average molecular weight is 278 g/mol. The molecule has 2 aromatic rings. The molecule has 2 unspecified atom stereocenters. The van der Waals surface area contributed by atoms with Gasteiger partial charge in [0.05, 0.1) is 5.56 Å². The van der Waals surface area contributed by atoms with Gasteiger partial charge in [-0.3, -0.25) is 0 Å². The maximum atomic E-state index is 12.9. The van der Waals surface area contributed by atoms with Gasteiger partial charge in [0.2, 0.25) is 0 Å². The van der Waals surface area contributed by atoms with Crippen LogP contribution in [-0.2, 0) is 6.18 Å². The van der Waals surface area contributed by atoms with E-state index in [1.807, 2.05) is 30.3 Å². The number of nitrogens with one attached hydrogen (secondary N) is 1. The van der Waals surface area contributed by atoms with Crippen LogP contribution in [0.1, 0.15) is 23.5 Å². The number of alkyl halides is 3. The highest BCUT2D eigenvalue weighted by Crippen LogP contribution is 2.44. The van der Waals surface area contributed by atoms with Gasteiger partial charge in [-0.2, -0.15) is 13.2 Å². The summed E-state index contributed by atoms with van der Waals surface area (Å²) in [5, 5.41) is 2.91. The normalized spacial score (nSPS) is 21.6. The van der Waals surface area contributed by atoms with Crippen LogP contribution in [0.25, 0.3) is 0 Å². The summed E-state index contributed by atoms with van der Waals surface area (Å²) in [5.74, 6) is 0.183. The van der Waals surface area contributed by atoms with Gasteiger partial charge in [0.15, 0.2) is 0 Å². The van der Waals surface area contributed by atoms with Crippen molar-refractivity contribution in [2.45, 2.75) is 24.6 Å². The highest BCUT2D eigenvalue weighted by molar-refractivity contribution is 5.49. The Morgan fingerprint density at radius 1 is 1.05 bits per heavy atom. The maximum absolute atomic E-state index is 12.9. The van der Waals surface area contributed by atoms with Crippen molar-refractivity contribution < 1.29 is 13.2 Å². The monoisotopic (exact) mass is 278 g/mol. The lowest BCUT2D eigenvalue weighted by Gasteiger charge is -2.13. The third kappa shape index (κ3) is 2.61. The number of aromatic nitrogens is 1. The molecular weight excluding hydrogens is 265 g/mol. The van der Waals surface area contributed by atoms with E-state index in [1.54, 1.807) is 0 Å². The second-order valence-electron chi connectivity index (χ2n) is 4.90. The summed E-state index contributed by atoms with van der Waals surface area (Å²) in [6.07, 6.45) is -2.18. The van der Waals surface area contributed by atoms with Crippen LogP contribution in [0, 0.1) is 0 Å². The van der Waals surface area contributed by atoms with Gasteiger partial charge in [-0.1, -0.05) is 30.3 Å². The van der Waals surface area contributed by atoms with Crippen molar-refractivity contribution in [3.8, 4) is 0 Å². The Morgan fingerprint density at radius 2 is 1.80 bits per heavy atom. The van der Waals surface area contributed by atoms with E-state index in [4.69, 9.17) is 0 Å². The van der Waals surface area contributed by atoms with E-state index in [2.05, 4.69) is 10.3 Å². The first kappa shape index (κ1) is 13.0. The van der Waals surface area contributed by atoms with Crippen molar-refractivity contribution >= 4 is 5.82 Å². The molecule has 0 radical (unpaired) electrons. The molecule has 1 aromatic carbocycles. The quantitative estimate of drug-likeness (QED) is 0.915. The summed E-state index contributed by atoms with van der Waals surface area (Å²) in [6, 6.07) is 12.2. The van der Waals surface area contributed by atoms with E-state index >= 15 is 0 Å². The predicted molar refractivity (Wildman–Crippen MR) is 70.4 cm³/mol. The van der Waals surface area contributed by atoms with Crippen molar-refractivity contribution in [1.29, 1.82) is 0 Å². The Hall–Kier alpha value is -2.04. The largest absolute Gasteiger partial charge is 0.419 e. The Morgan fingerprint density at radius 3 is 2.50 bits per heavy atom. The van der Waals surface area contributed by atoms with Crippen LogP contribution in [-0.4, -0.2) is 11.0 Å². The molecule has 1 N–H and O–H groups in total. The smallest absolute Gasteiger partial charge is 0.366 e. The fourth-order valence-corrected chi connectivity index (χ4v) is 2.35. The summed E-state index contributed by atoms with van der Waals surface area (Å²) in [7, 11) is 0. The summed E-state index contributed by atoms with van der Waals surface area (Å²) >= 11 is 0. The number of halogens is 3. The molecule has 3 rings (SSSR count). The van der Waals surface area contributed by atoms with Crippen LogP contribution in [0.5, 0.6) is 0 Å². The van der Waals surface area contributed by atoms with E-state index in [1.165, 1.54) is 12.3 Å². The number of rotatable bonds is 3. The topological polar surface area (TPSA) is 24.9 Å². The molecule has 1 aliphatic carbocycles. The minimum absolute atomic E-state index is 0.0217. The molecule has 20 heavy (non-hydrogen) atoms. The van der Waals surface area contributed by atoms with Crippen molar-refractivity contribution in [2.75, 3.05) is 5.32 Å². The maximum Gasteiger partial charge on any atom is 0.419 e. The zero-order valence-electron chi connectivity index (χ0n) is 10.6. The van der Waals surface area contributed by atoms with Crippen LogP contribution in [0.3, 0.4) is 0 Å². The third-order valence-electron chi connectivity index (χ3n) is 3.45. The summed E-state index contributed by atoms with van der Waals surface area (Å²) < 4.78 is 38.6. The van der Waals surface area contributed by atoms with Gasteiger partial charge in [-0.25, -0.2) is 4.98 Å². The third-order valence-corrected chi connectivity index (χ3v) is 3.45. The average Bonchev–Trinajstić information content (AvgIpc) is 3.18. The first-order valence-corrected chi connectivity index (χ1v) is 6.39. The molecule has 1 aromatic heterocycles. The molecule has 0 spiro atoms. The highest BCUT2D eigenvalue weighted by Gasteiger charge is 2.41. The molecule has 2 atom stereocenters. The minimum atomic E-state index is -4.38. The van der Waals surface area contributed by atoms with Crippen LogP contribution in [0.2, 0.25) is 0 Å². The second-order valence-corrected chi connectivity index (χ2v) is 4.90. The Balaban J connectivity index is 1.75. The molecule has 1 heterocycles. The van der Waals surface area contributed by atoms with Gasteiger partial charge in [0, 0.05) is 18.2 Å². The van der Waals surface area contributed by atoms with Gasteiger partial charge in [-0.15, -0.1) is 0 Å². The fraction of sp³-hybridized carbons (Fsp3) is 0.267. The number of benzene rings is 1. The summed E-state index contributed by atoms with van der Waals surface area (Å²) in [4.78, 5) is 3.82. The van der Waals surface area contributed by atoms with Crippen molar-refractivity contribution in [1.82, 2.24) is 4.98 Å². The lowest BCUT2D eigenvalue weighted by atomic mass is 10.1. The lowest BCUT2D eigenvalue weighted by molar-refractivity contribution is -0.137. The molecule has 0 aliphatic heterocycles. The molecule has 104 valence electrons. The van der Waals surface area contributed by atoms with E-state index in [0.717, 1.165) is 18.1 Å². The van der Waals surface area contributed by atoms with Gasteiger partial charge in [-0.05, 0) is 24.1 Å². The molecule has 1 aliphatic rings. The van der Waals surface area contributed by atoms with E-state index in [0.29, 0.717) is 0 Å². The first-order valence-electron chi connectivity index (χ1n) is 6.39. The molecule has 1 saturated carbocycles. The summed E-state index contributed by atoms with van der Waals surface area (Å²) in [5.41, 5.74) is 0.438. The van der Waals surface area contributed by atoms with E-state index in [9.17, 15) is 13.2 Å². The van der Waals surface area contributed by atoms with Gasteiger partial charge in [0.1, 0.15) is 5.82 Å². The SMILES string of the molecule is FC(F)(F)c1cccnc1NC1CC1c1ccccc1. The first-order chi connectivity index (χ1) is 9.55. The molecule has 0 saturated heterocycles. The number of hydrogen-bond donors (Lipinski definition) is 1. The van der Waals surface area contributed by atoms with E-state index in [-0.39, 0.29) is 17.8 Å². The van der Waals surface area contributed by atoms with Crippen LogP contribution in [0.15, 0.2) is 48.7 Å². The Bertz CT molecular complexity index is 596. The van der Waals surface area contributed by atoms with Gasteiger partial charge in [0.25, 0.3) is 0 Å². The summed E-state index contributed by atoms with van der Waals surface area (Å²) in [6.45, 7) is 0. The fourth-order valence-electron chi connectivity index (χ4n) is 2.35. The van der Waals surface area contributed by atoms with Crippen molar-refractivity contribution in [3.63, 3.8) is 0 Å². The molecule has 5 heteroatoms. The number of anilines is 1. The van der Waals surface area contributed by atoms with Gasteiger partial charge < -0.3 is 5.32 Å². The molecular formula is C15H13F3N2. The standard InChI is InChI=1S/C15H13F3N2/c16-15(17,18)12-7-4-8-19-14(12)20-13-9-11(13)10-5-2-1-3-6-10/h1-8,11,13H,9H2,(H,19,20). The van der Waals surface area contributed by atoms with Gasteiger partial charge >= 0.3 is 6.18 Å². The Kier molecular flexibility index (Phi) is 3.12. The van der Waals surface area contributed by atoms with E-state index < -0.39 is 11.7 Å². The molecule has 0 amide bonds. The zero-order chi connectivity index (χ0) is 14.2. The van der Waals surface area contributed by atoms with Crippen molar-refractivity contribution in [2.24, 2.45) is 0 Å². The number of pyridine rings is 1. The van der Waals surface area contributed by atoms with Crippen LogP contribution in [0.4, 0.5) is 19.0 Å². The minimum Gasteiger partial charge on any atom is -0.366 e. The van der Waals surface area contributed by atoms with Crippen LogP contribution >= 0.6 is 0 Å². The highest BCUT2D eigenvalue weighted by atomic mass is 19.4. The number of nitrogens with zero attached hydrogens (tertiary/aromatic N) is 1. The van der Waals surface area contributed by atoms with Crippen LogP contribution < -0.4 is 5.32 Å². The predicted octanol–water partition coefficient (Wildman–Crippen LogP) is 4.07. The zero-order valence-corrected chi connectivity index (χ0v) is 10.6. The number of hydrogen-bond acceptors (Lipinski definition) is 2. The lowest BCUT2D eigenvalue weighted by Crippen LogP contribution is -2.14. The Labute approximate surface area is 114 Å².